The van der Waals surface area contributed by atoms with Gasteiger partial charge in [-0.2, -0.15) is 0 Å². The summed E-state index contributed by atoms with van der Waals surface area (Å²) in [4.78, 5) is 12.0. The van der Waals surface area contributed by atoms with Crippen molar-refractivity contribution in [2.24, 2.45) is 17.8 Å². The first-order chi connectivity index (χ1) is 17.3. The Kier molecular flexibility index (Phi) is 14.6. The van der Waals surface area contributed by atoms with E-state index >= 15 is 0 Å². The van der Waals surface area contributed by atoms with Crippen molar-refractivity contribution in [3.8, 4) is 0 Å². The van der Waals surface area contributed by atoms with Gasteiger partial charge < -0.3 is 13.8 Å². The lowest BCUT2D eigenvalue weighted by Gasteiger charge is -2.25. The smallest absolute Gasteiger partial charge is 0.306 e. The molecule has 4 nitrogen and oxygen atoms in total. The second-order valence-corrected chi connectivity index (χ2v) is 10.5. The van der Waals surface area contributed by atoms with Crippen LogP contribution in [0.4, 0.5) is 8.78 Å². The fraction of sp³-hybridized carbons (Fsp3) is 0.679. The third-order valence-corrected chi connectivity index (χ3v) is 7.98. The molecule has 1 saturated carbocycles. The summed E-state index contributed by atoms with van der Waals surface area (Å²) in [6.45, 7) is 3.84. The monoisotopic (exact) mass is 544 g/mol. The van der Waals surface area contributed by atoms with E-state index in [2.05, 4.69) is 18.9 Å². The Balaban J connectivity index is 1.78. The number of carbonyl (C=O) groups is 1. The first-order valence-corrected chi connectivity index (χ1v) is 14.2. The van der Waals surface area contributed by atoms with Gasteiger partial charge in [-0.25, -0.2) is 8.78 Å². The van der Waals surface area contributed by atoms with Gasteiger partial charge in [-0.1, -0.05) is 82.0 Å². The Labute approximate surface area is 220 Å². The first-order valence-electron chi connectivity index (χ1n) is 13.3. The summed E-state index contributed by atoms with van der Waals surface area (Å²) in [5, 5.41) is 0. The highest BCUT2D eigenvalue weighted by Crippen LogP contribution is 2.42. The zero-order chi connectivity index (χ0) is 26.4. The van der Waals surface area contributed by atoms with Gasteiger partial charge in [0.2, 0.25) is 0 Å². The summed E-state index contributed by atoms with van der Waals surface area (Å²) in [6.07, 6.45) is 10.6. The van der Waals surface area contributed by atoms with Crippen LogP contribution in [-0.4, -0.2) is 24.1 Å². The van der Waals surface area contributed by atoms with E-state index in [1.54, 1.807) is 13.0 Å². The number of rotatable bonds is 17. The molecule has 204 valence electrons. The van der Waals surface area contributed by atoms with E-state index in [0.29, 0.717) is 19.4 Å². The summed E-state index contributed by atoms with van der Waals surface area (Å²) in [7, 11) is 4.69. The van der Waals surface area contributed by atoms with Gasteiger partial charge in [-0.05, 0) is 30.7 Å². The zero-order valence-electron chi connectivity index (χ0n) is 21.8. The van der Waals surface area contributed by atoms with Crippen LogP contribution < -0.4 is 0 Å². The quantitative estimate of drug-likeness (QED) is 0.0861. The maximum atomic E-state index is 14.5. The third kappa shape index (κ3) is 10.4. The summed E-state index contributed by atoms with van der Waals surface area (Å²) >= 11 is 0. The number of allylic oxidation sites excluding steroid dienone is 1. The highest BCUT2D eigenvalue weighted by molar-refractivity contribution is 7.10. The molecule has 0 aliphatic heterocycles. The predicted octanol–water partition coefficient (Wildman–Crippen LogP) is 8.07. The van der Waals surface area contributed by atoms with E-state index in [0.717, 1.165) is 50.5 Å². The highest BCUT2D eigenvalue weighted by Gasteiger charge is 2.42. The van der Waals surface area contributed by atoms with Gasteiger partial charge in [-0.15, -0.1) is 0 Å². The van der Waals surface area contributed by atoms with Crippen molar-refractivity contribution < 1.29 is 27.4 Å². The minimum atomic E-state index is -2.70. The van der Waals surface area contributed by atoms with E-state index in [1.165, 1.54) is 0 Å². The molecule has 1 aromatic carbocycles. The van der Waals surface area contributed by atoms with Crippen LogP contribution in [0.3, 0.4) is 0 Å². The molecular formula is C28H44F2O4P2. The Morgan fingerprint density at radius 1 is 1.08 bits per heavy atom. The largest absolute Gasteiger partial charge is 0.461 e. The van der Waals surface area contributed by atoms with E-state index in [4.69, 9.17) is 13.8 Å². The molecule has 0 saturated heterocycles. The number of benzene rings is 1. The van der Waals surface area contributed by atoms with Crippen molar-refractivity contribution in [1.82, 2.24) is 0 Å². The second kappa shape index (κ2) is 16.8. The number of ether oxygens (including phenoxy) is 1. The van der Waals surface area contributed by atoms with Crippen LogP contribution >= 0.6 is 18.9 Å². The van der Waals surface area contributed by atoms with Crippen LogP contribution in [0.1, 0.15) is 83.6 Å². The van der Waals surface area contributed by atoms with E-state index in [1.807, 2.05) is 43.3 Å². The number of unbranched alkanes of at least 4 members (excludes halogenated alkanes) is 4. The van der Waals surface area contributed by atoms with Gasteiger partial charge in [0.1, 0.15) is 6.61 Å². The Bertz CT molecular complexity index is 778. The molecule has 0 N–H and O–H groups in total. The van der Waals surface area contributed by atoms with Crippen LogP contribution in [0.5, 0.6) is 0 Å². The molecule has 0 bridgehead atoms. The van der Waals surface area contributed by atoms with Crippen LogP contribution in [0, 0.1) is 17.8 Å². The van der Waals surface area contributed by atoms with Crippen LogP contribution in [0.15, 0.2) is 42.5 Å². The molecule has 0 aromatic heterocycles. The number of carbonyl (C=O) groups excluding carboxylic acids is 1. The van der Waals surface area contributed by atoms with Crippen molar-refractivity contribution in [3.05, 3.63) is 48.0 Å². The van der Waals surface area contributed by atoms with Crippen molar-refractivity contribution in [3.63, 3.8) is 0 Å². The molecular weight excluding hydrogens is 500 g/mol. The molecule has 1 aliphatic carbocycles. The summed E-state index contributed by atoms with van der Waals surface area (Å²) < 4.78 is 45.6. The molecule has 8 heteroatoms. The topological polar surface area (TPSA) is 44.8 Å². The molecule has 7 unspecified atom stereocenters. The van der Waals surface area contributed by atoms with Crippen molar-refractivity contribution in [2.75, 3.05) is 0 Å². The number of hydrogen-bond donors (Lipinski definition) is 0. The lowest BCUT2D eigenvalue weighted by molar-refractivity contribution is -0.145. The number of esters is 1. The second-order valence-electron chi connectivity index (χ2n) is 9.96. The molecule has 0 heterocycles. The number of halogens is 2. The zero-order valence-corrected chi connectivity index (χ0v) is 24.1. The Morgan fingerprint density at radius 2 is 1.78 bits per heavy atom. The first kappa shape index (κ1) is 31.3. The molecule has 36 heavy (non-hydrogen) atoms. The van der Waals surface area contributed by atoms with Crippen LogP contribution in [0.25, 0.3) is 0 Å². The molecule has 7 atom stereocenters. The third-order valence-electron chi connectivity index (χ3n) is 7.28. The average molecular weight is 545 g/mol. The normalized spacial score (nSPS) is 23.3. The molecule has 1 fully saturated rings. The van der Waals surface area contributed by atoms with Crippen molar-refractivity contribution in [2.45, 2.75) is 103 Å². The lowest BCUT2D eigenvalue weighted by Crippen LogP contribution is -2.26. The van der Waals surface area contributed by atoms with Gasteiger partial charge in [0.25, 0.3) is 5.92 Å². The molecule has 0 radical (unpaired) electrons. The molecule has 1 aliphatic rings. The standard InChI is InChI=1S/C28H44F2O4P2/c1-3-4-18-28(29,30)21(2)16-17-24-23(25(33-35)19-26(24)34-36)14-10-5-6-11-15-27(31)32-20-22-12-8-7-9-13-22/h7-9,12-13,16-17,21,23-26H,3-6,10-11,14-15,18-20,35-36H2,1-2H3/b17-16+. The summed E-state index contributed by atoms with van der Waals surface area (Å²) in [5.41, 5.74) is 0.990. The molecule has 0 spiro atoms. The van der Waals surface area contributed by atoms with Crippen LogP contribution in [0.2, 0.25) is 0 Å². The summed E-state index contributed by atoms with van der Waals surface area (Å²) in [6, 6.07) is 9.67. The van der Waals surface area contributed by atoms with E-state index < -0.39 is 11.8 Å². The minimum absolute atomic E-state index is 0.0130. The van der Waals surface area contributed by atoms with Gasteiger partial charge in [-0.3, -0.25) is 4.79 Å². The van der Waals surface area contributed by atoms with Gasteiger partial charge in [0.15, 0.2) is 0 Å². The predicted molar refractivity (Wildman–Crippen MR) is 147 cm³/mol. The number of hydrogen-bond acceptors (Lipinski definition) is 4. The molecule has 0 amide bonds. The Morgan fingerprint density at radius 3 is 2.44 bits per heavy atom. The summed E-state index contributed by atoms with van der Waals surface area (Å²) in [5.74, 6) is -3.44. The van der Waals surface area contributed by atoms with E-state index in [9.17, 15) is 13.6 Å². The SMILES string of the molecule is CCCCC(F)(F)C(C)/C=C/C1C(OP)CC(OP)C1CCCCCCC(=O)OCc1ccccc1. The maximum absolute atomic E-state index is 14.5. The number of alkyl halides is 2. The maximum Gasteiger partial charge on any atom is 0.306 e. The fourth-order valence-corrected chi connectivity index (χ4v) is 5.53. The lowest BCUT2D eigenvalue weighted by atomic mass is 9.86. The van der Waals surface area contributed by atoms with Gasteiger partial charge in [0.05, 0.1) is 12.2 Å². The Hall–Kier alpha value is -0.930. The van der Waals surface area contributed by atoms with Crippen molar-refractivity contribution in [1.29, 1.82) is 0 Å². The minimum Gasteiger partial charge on any atom is -0.461 e. The van der Waals surface area contributed by atoms with Crippen LogP contribution in [-0.2, 0) is 25.2 Å². The highest BCUT2D eigenvalue weighted by atomic mass is 31.0. The van der Waals surface area contributed by atoms with Crippen molar-refractivity contribution >= 4 is 24.9 Å². The van der Waals surface area contributed by atoms with Gasteiger partial charge >= 0.3 is 5.97 Å². The molecule has 1 aromatic rings. The fourth-order valence-electron chi connectivity index (χ4n) is 4.92. The molecule has 2 rings (SSSR count). The van der Waals surface area contributed by atoms with E-state index in [-0.39, 0.29) is 36.4 Å². The average Bonchev–Trinajstić information content (AvgIpc) is 3.23. The van der Waals surface area contributed by atoms with Gasteiger partial charge in [0, 0.05) is 50.0 Å².